The largest absolute Gasteiger partial charge is 0.496 e. The van der Waals surface area contributed by atoms with Crippen LogP contribution in [0.5, 0.6) is 5.75 Å². The van der Waals surface area contributed by atoms with Crippen LogP contribution in [0.25, 0.3) is 22.2 Å². The van der Waals surface area contributed by atoms with E-state index in [2.05, 4.69) is 4.98 Å². The van der Waals surface area contributed by atoms with Crippen molar-refractivity contribution >= 4 is 11.0 Å². The highest BCUT2D eigenvalue weighted by Gasteiger charge is 2.16. The van der Waals surface area contributed by atoms with E-state index >= 15 is 0 Å². The van der Waals surface area contributed by atoms with Gasteiger partial charge in [-0.15, -0.1) is 0 Å². The third kappa shape index (κ3) is 3.19. The number of rotatable bonds is 4. The number of imidazole rings is 1. The van der Waals surface area contributed by atoms with E-state index < -0.39 is 5.60 Å². The van der Waals surface area contributed by atoms with Gasteiger partial charge in [0.1, 0.15) is 11.6 Å². The fraction of sp³-hybridized carbons (Fsp3) is 0.278. The highest BCUT2D eigenvalue weighted by Crippen LogP contribution is 2.32. The number of benzene rings is 2. The van der Waals surface area contributed by atoms with Crippen molar-refractivity contribution in [2.45, 2.75) is 26.0 Å². The molecule has 0 aliphatic rings. The van der Waals surface area contributed by atoms with Crippen molar-refractivity contribution in [3.05, 3.63) is 48.5 Å². The summed E-state index contributed by atoms with van der Waals surface area (Å²) in [6.07, 6.45) is 1.72. The Labute approximate surface area is 134 Å². The minimum absolute atomic E-state index is 0.332. The standard InChI is InChI=1S/C18H19FN2O2/c1-18(2,22)10-21-11-20-15-8-12(4-7-16(15)21)14-6-5-13(19)9-17(14)23-3/h4-9,11,22H,10H2,1-3H3. The van der Waals surface area contributed by atoms with E-state index in [1.165, 1.54) is 19.2 Å². The Morgan fingerprint density at radius 1 is 1.22 bits per heavy atom. The maximum atomic E-state index is 13.3. The van der Waals surface area contributed by atoms with Crippen molar-refractivity contribution in [2.75, 3.05) is 7.11 Å². The molecule has 1 N–H and O–H groups in total. The average molecular weight is 314 g/mol. The summed E-state index contributed by atoms with van der Waals surface area (Å²) in [6.45, 7) is 3.98. The summed E-state index contributed by atoms with van der Waals surface area (Å²) in [7, 11) is 1.52. The molecule has 0 aliphatic carbocycles. The lowest BCUT2D eigenvalue weighted by Gasteiger charge is -2.18. The number of methoxy groups -OCH3 is 1. The molecule has 23 heavy (non-hydrogen) atoms. The maximum absolute atomic E-state index is 13.3. The highest BCUT2D eigenvalue weighted by atomic mass is 19.1. The first kappa shape index (κ1) is 15.5. The van der Waals surface area contributed by atoms with E-state index in [1.54, 1.807) is 26.2 Å². The van der Waals surface area contributed by atoms with Crippen LogP contribution in [0.2, 0.25) is 0 Å². The molecule has 0 bridgehead atoms. The van der Waals surface area contributed by atoms with Crippen LogP contribution in [0, 0.1) is 5.82 Å². The van der Waals surface area contributed by atoms with E-state index in [0.29, 0.717) is 12.3 Å². The molecule has 0 spiro atoms. The minimum atomic E-state index is -0.813. The fourth-order valence-electron chi connectivity index (χ4n) is 2.68. The predicted molar refractivity (Wildman–Crippen MR) is 88.0 cm³/mol. The normalized spacial score (nSPS) is 11.9. The Hall–Kier alpha value is -2.40. The van der Waals surface area contributed by atoms with E-state index in [-0.39, 0.29) is 5.82 Å². The zero-order valence-electron chi connectivity index (χ0n) is 13.4. The molecular weight excluding hydrogens is 295 g/mol. The monoisotopic (exact) mass is 314 g/mol. The van der Waals surface area contributed by atoms with Gasteiger partial charge in [-0.3, -0.25) is 0 Å². The van der Waals surface area contributed by atoms with Crippen LogP contribution in [0.3, 0.4) is 0 Å². The number of halogens is 1. The van der Waals surface area contributed by atoms with Gasteiger partial charge in [-0.1, -0.05) is 6.07 Å². The number of hydrogen-bond donors (Lipinski definition) is 1. The molecule has 0 aliphatic heterocycles. The van der Waals surface area contributed by atoms with Gasteiger partial charge in [0.15, 0.2) is 0 Å². The Bertz CT molecular complexity index is 850. The van der Waals surface area contributed by atoms with E-state index in [1.807, 2.05) is 22.8 Å². The molecule has 3 aromatic rings. The third-order valence-corrected chi connectivity index (χ3v) is 3.65. The van der Waals surface area contributed by atoms with Crippen LogP contribution in [0.15, 0.2) is 42.7 Å². The van der Waals surface area contributed by atoms with Gasteiger partial charge in [-0.05, 0) is 43.7 Å². The fourth-order valence-corrected chi connectivity index (χ4v) is 2.68. The second kappa shape index (κ2) is 5.66. The molecule has 0 radical (unpaired) electrons. The molecule has 4 nitrogen and oxygen atoms in total. The summed E-state index contributed by atoms with van der Waals surface area (Å²) in [5, 5.41) is 9.98. The Kier molecular flexibility index (Phi) is 3.82. The first-order chi connectivity index (χ1) is 10.9. The van der Waals surface area contributed by atoms with Gasteiger partial charge < -0.3 is 14.4 Å². The molecule has 0 amide bonds. The maximum Gasteiger partial charge on any atom is 0.129 e. The van der Waals surface area contributed by atoms with Gasteiger partial charge in [0.05, 0.1) is 36.6 Å². The lowest BCUT2D eigenvalue weighted by atomic mass is 10.0. The topological polar surface area (TPSA) is 47.3 Å². The average Bonchev–Trinajstić information content (AvgIpc) is 2.87. The Balaban J connectivity index is 2.05. The summed E-state index contributed by atoms with van der Waals surface area (Å²) in [5.41, 5.74) is 2.66. The zero-order chi connectivity index (χ0) is 16.6. The number of aromatic nitrogens is 2. The van der Waals surface area contributed by atoms with Crippen LogP contribution in [0.4, 0.5) is 4.39 Å². The summed E-state index contributed by atoms with van der Waals surface area (Å²) >= 11 is 0. The first-order valence-corrected chi connectivity index (χ1v) is 7.38. The van der Waals surface area contributed by atoms with Gasteiger partial charge >= 0.3 is 0 Å². The molecule has 1 heterocycles. The first-order valence-electron chi connectivity index (χ1n) is 7.38. The van der Waals surface area contributed by atoms with Crippen LogP contribution in [-0.2, 0) is 6.54 Å². The van der Waals surface area contributed by atoms with Gasteiger partial charge in [0.25, 0.3) is 0 Å². The Morgan fingerprint density at radius 2 is 2.00 bits per heavy atom. The summed E-state index contributed by atoms with van der Waals surface area (Å²) in [6, 6.07) is 10.3. The van der Waals surface area contributed by atoms with Crippen molar-refractivity contribution in [3.63, 3.8) is 0 Å². The molecule has 1 aromatic heterocycles. The van der Waals surface area contributed by atoms with Crippen LogP contribution >= 0.6 is 0 Å². The number of aliphatic hydroxyl groups is 1. The molecule has 0 fully saturated rings. The van der Waals surface area contributed by atoms with Gasteiger partial charge in [-0.2, -0.15) is 0 Å². The van der Waals surface area contributed by atoms with E-state index in [0.717, 1.165) is 22.2 Å². The van der Waals surface area contributed by atoms with Crippen molar-refractivity contribution in [2.24, 2.45) is 0 Å². The molecule has 3 rings (SSSR count). The number of nitrogens with zero attached hydrogens (tertiary/aromatic N) is 2. The SMILES string of the molecule is COc1cc(F)ccc1-c1ccc2c(c1)ncn2CC(C)(C)O. The number of fused-ring (bicyclic) bond motifs is 1. The number of ether oxygens (including phenoxy) is 1. The van der Waals surface area contributed by atoms with Crippen LogP contribution in [-0.4, -0.2) is 27.4 Å². The van der Waals surface area contributed by atoms with Crippen molar-refractivity contribution < 1.29 is 14.2 Å². The Morgan fingerprint density at radius 3 is 2.70 bits per heavy atom. The molecule has 0 unspecified atom stereocenters. The highest BCUT2D eigenvalue weighted by molar-refractivity contribution is 5.83. The van der Waals surface area contributed by atoms with Gasteiger partial charge in [0, 0.05) is 11.6 Å². The van der Waals surface area contributed by atoms with E-state index in [4.69, 9.17) is 4.74 Å². The second-order valence-corrected chi connectivity index (χ2v) is 6.23. The van der Waals surface area contributed by atoms with Gasteiger partial charge in [-0.25, -0.2) is 9.37 Å². The molecule has 0 atom stereocenters. The second-order valence-electron chi connectivity index (χ2n) is 6.23. The summed E-state index contributed by atoms with van der Waals surface area (Å²) in [4.78, 5) is 4.40. The number of hydrogen-bond acceptors (Lipinski definition) is 3. The molecular formula is C18H19FN2O2. The smallest absolute Gasteiger partial charge is 0.129 e. The summed E-state index contributed by atoms with van der Waals surface area (Å²) < 4.78 is 20.5. The lowest BCUT2D eigenvalue weighted by Crippen LogP contribution is -2.25. The predicted octanol–water partition coefficient (Wildman–Crippen LogP) is 3.62. The van der Waals surface area contributed by atoms with Crippen molar-refractivity contribution in [1.29, 1.82) is 0 Å². The lowest BCUT2D eigenvalue weighted by molar-refractivity contribution is 0.0627. The molecule has 120 valence electrons. The van der Waals surface area contributed by atoms with Crippen molar-refractivity contribution in [1.82, 2.24) is 9.55 Å². The molecule has 0 saturated heterocycles. The van der Waals surface area contributed by atoms with Crippen molar-refractivity contribution in [3.8, 4) is 16.9 Å². The van der Waals surface area contributed by atoms with Crippen LogP contribution in [0.1, 0.15) is 13.8 Å². The van der Waals surface area contributed by atoms with Gasteiger partial charge in [0.2, 0.25) is 0 Å². The third-order valence-electron chi connectivity index (χ3n) is 3.65. The molecule has 2 aromatic carbocycles. The minimum Gasteiger partial charge on any atom is -0.496 e. The van der Waals surface area contributed by atoms with Crippen LogP contribution < -0.4 is 4.74 Å². The quantitative estimate of drug-likeness (QED) is 0.800. The zero-order valence-corrected chi connectivity index (χ0v) is 13.4. The molecule has 0 saturated carbocycles. The molecule has 5 heteroatoms. The summed E-state index contributed by atoms with van der Waals surface area (Å²) in [5.74, 6) is 0.154. The van der Waals surface area contributed by atoms with E-state index in [9.17, 15) is 9.50 Å².